The second kappa shape index (κ2) is 7.84. The number of hydrogen-bond donors (Lipinski definition) is 2. The van der Waals surface area contributed by atoms with Crippen molar-refractivity contribution in [3.8, 4) is 5.75 Å². The van der Waals surface area contributed by atoms with E-state index in [9.17, 15) is 9.59 Å². The highest BCUT2D eigenvalue weighted by atomic mass is 35.5. The van der Waals surface area contributed by atoms with Gasteiger partial charge in [-0.1, -0.05) is 28.8 Å². The number of ether oxygens (including phenoxy) is 1. The number of aryl methyl sites for hydroxylation is 2. The standard InChI is InChI=1S/C18H19ClN2O3/c1-11-6-12(2)8-13(7-11)18(23)20-10-17(22)21-14-4-5-16(24-3)15(19)9-14/h4-9H,10H2,1-3H3,(H,20,23)(H,21,22). The Morgan fingerprint density at radius 3 is 2.33 bits per heavy atom. The van der Waals surface area contributed by atoms with Crippen LogP contribution >= 0.6 is 11.6 Å². The van der Waals surface area contributed by atoms with Crippen LogP contribution < -0.4 is 15.4 Å². The lowest BCUT2D eigenvalue weighted by molar-refractivity contribution is -0.115. The Morgan fingerprint density at radius 1 is 1.08 bits per heavy atom. The van der Waals surface area contributed by atoms with E-state index in [1.807, 2.05) is 19.9 Å². The first-order chi connectivity index (χ1) is 11.4. The van der Waals surface area contributed by atoms with Crippen molar-refractivity contribution in [2.24, 2.45) is 0 Å². The van der Waals surface area contributed by atoms with E-state index in [0.29, 0.717) is 22.0 Å². The van der Waals surface area contributed by atoms with Gasteiger partial charge >= 0.3 is 0 Å². The summed E-state index contributed by atoms with van der Waals surface area (Å²) in [7, 11) is 1.52. The number of nitrogens with one attached hydrogen (secondary N) is 2. The van der Waals surface area contributed by atoms with Crippen LogP contribution in [0.1, 0.15) is 21.5 Å². The molecule has 0 fully saturated rings. The average molecular weight is 347 g/mol. The molecule has 0 aliphatic heterocycles. The molecular formula is C18H19ClN2O3. The maximum absolute atomic E-state index is 12.1. The van der Waals surface area contributed by atoms with Crippen molar-refractivity contribution in [1.82, 2.24) is 5.32 Å². The van der Waals surface area contributed by atoms with Gasteiger partial charge < -0.3 is 15.4 Å². The maximum Gasteiger partial charge on any atom is 0.251 e. The Hall–Kier alpha value is -2.53. The lowest BCUT2D eigenvalue weighted by Crippen LogP contribution is -2.32. The van der Waals surface area contributed by atoms with E-state index in [-0.39, 0.29) is 18.4 Å². The van der Waals surface area contributed by atoms with Crippen LogP contribution in [-0.4, -0.2) is 25.5 Å². The van der Waals surface area contributed by atoms with Crippen molar-refractivity contribution in [1.29, 1.82) is 0 Å². The molecule has 0 radical (unpaired) electrons. The molecule has 2 rings (SSSR count). The maximum atomic E-state index is 12.1. The van der Waals surface area contributed by atoms with E-state index in [4.69, 9.17) is 16.3 Å². The summed E-state index contributed by atoms with van der Waals surface area (Å²) in [4.78, 5) is 24.1. The van der Waals surface area contributed by atoms with Gasteiger partial charge in [-0.05, 0) is 44.2 Å². The number of methoxy groups -OCH3 is 1. The third-order valence-electron chi connectivity index (χ3n) is 3.33. The Balaban J connectivity index is 1.93. The zero-order chi connectivity index (χ0) is 17.7. The molecule has 5 nitrogen and oxygen atoms in total. The second-order valence-corrected chi connectivity index (χ2v) is 5.86. The third kappa shape index (κ3) is 4.73. The van der Waals surface area contributed by atoms with Gasteiger partial charge in [0, 0.05) is 11.3 Å². The monoisotopic (exact) mass is 346 g/mol. The summed E-state index contributed by atoms with van der Waals surface area (Å²) in [5.41, 5.74) is 3.06. The molecule has 0 bridgehead atoms. The second-order valence-electron chi connectivity index (χ2n) is 5.46. The topological polar surface area (TPSA) is 67.4 Å². The molecule has 0 aromatic heterocycles. The van der Waals surface area contributed by atoms with E-state index in [1.54, 1.807) is 30.3 Å². The largest absolute Gasteiger partial charge is 0.495 e. The first-order valence-electron chi connectivity index (χ1n) is 7.39. The van der Waals surface area contributed by atoms with Crippen molar-refractivity contribution >= 4 is 29.1 Å². The fourth-order valence-corrected chi connectivity index (χ4v) is 2.58. The Morgan fingerprint density at radius 2 is 1.75 bits per heavy atom. The number of benzene rings is 2. The molecular weight excluding hydrogens is 328 g/mol. The first-order valence-corrected chi connectivity index (χ1v) is 7.76. The molecule has 0 aliphatic carbocycles. The van der Waals surface area contributed by atoms with Crippen LogP contribution in [0.5, 0.6) is 5.75 Å². The summed E-state index contributed by atoms with van der Waals surface area (Å²) < 4.78 is 5.05. The van der Waals surface area contributed by atoms with Crippen molar-refractivity contribution in [3.05, 3.63) is 58.1 Å². The van der Waals surface area contributed by atoms with Crippen LogP contribution in [0, 0.1) is 13.8 Å². The predicted octanol–water partition coefficient (Wildman–Crippen LogP) is 3.33. The van der Waals surface area contributed by atoms with Gasteiger partial charge in [-0.2, -0.15) is 0 Å². The molecule has 0 spiro atoms. The molecule has 0 aliphatic rings. The molecule has 24 heavy (non-hydrogen) atoms. The predicted molar refractivity (Wildman–Crippen MR) is 94.9 cm³/mol. The lowest BCUT2D eigenvalue weighted by atomic mass is 10.1. The van der Waals surface area contributed by atoms with Gasteiger partial charge in [-0.3, -0.25) is 9.59 Å². The minimum Gasteiger partial charge on any atom is -0.495 e. The third-order valence-corrected chi connectivity index (χ3v) is 3.62. The van der Waals surface area contributed by atoms with Crippen LogP contribution in [0.25, 0.3) is 0 Å². The van der Waals surface area contributed by atoms with Crippen LogP contribution in [0.15, 0.2) is 36.4 Å². The van der Waals surface area contributed by atoms with Crippen molar-refractivity contribution in [2.75, 3.05) is 19.0 Å². The summed E-state index contributed by atoms with van der Waals surface area (Å²) in [6.45, 7) is 3.71. The molecule has 0 heterocycles. The van der Waals surface area contributed by atoms with Crippen LogP contribution in [0.4, 0.5) is 5.69 Å². The smallest absolute Gasteiger partial charge is 0.251 e. The summed E-state index contributed by atoms with van der Waals surface area (Å²) in [6.07, 6.45) is 0. The summed E-state index contributed by atoms with van der Waals surface area (Å²) in [5, 5.41) is 5.67. The van der Waals surface area contributed by atoms with Gasteiger partial charge in [-0.25, -0.2) is 0 Å². The molecule has 0 atom stereocenters. The zero-order valence-electron chi connectivity index (χ0n) is 13.8. The summed E-state index contributed by atoms with van der Waals surface area (Å²) in [6, 6.07) is 10.5. The summed E-state index contributed by atoms with van der Waals surface area (Å²) in [5.74, 6) is -0.101. The minimum absolute atomic E-state index is 0.129. The van der Waals surface area contributed by atoms with Gasteiger partial charge in [0.25, 0.3) is 5.91 Å². The van der Waals surface area contributed by atoms with E-state index < -0.39 is 0 Å². The number of rotatable bonds is 5. The van der Waals surface area contributed by atoms with Crippen LogP contribution in [0.2, 0.25) is 5.02 Å². The normalized spacial score (nSPS) is 10.2. The Bertz CT molecular complexity index is 755. The SMILES string of the molecule is COc1ccc(NC(=O)CNC(=O)c2cc(C)cc(C)c2)cc1Cl. The van der Waals surface area contributed by atoms with Gasteiger partial charge in [-0.15, -0.1) is 0 Å². The van der Waals surface area contributed by atoms with Gasteiger partial charge in [0.2, 0.25) is 5.91 Å². The highest BCUT2D eigenvalue weighted by Crippen LogP contribution is 2.27. The average Bonchev–Trinajstić information content (AvgIpc) is 2.52. The van der Waals surface area contributed by atoms with Gasteiger partial charge in [0.05, 0.1) is 18.7 Å². The number of carbonyl (C=O) groups is 2. The molecule has 2 aromatic carbocycles. The fourth-order valence-electron chi connectivity index (χ4n) is 2.32. The molecule has 0 saturated heterocycles. The van der Waals surface area contributed by atoms with E-state index in [1.165, 1.54) is 7.11 Å². The fraction of sp³-hybridized carbons (Fsp3) is 0.222. The van der Waals surface area contributed by atoms with Crippen molar-refractivity contribution in [2.45, 2.75) is 13.8 Å². The number of anilines is 1. The molecule has 2 N–H and O–H groups in total. The van der Waals surface area contributed by atoms with E-state index >= 15 is 0 Å². The van der Waals surface area contributed by atoms with Gasteiger partial charge in [0.1, 0.15) is 5.75 Å². The number of amides is 2. The molecule has 2 aromatic rings. The van der Waals surface area contributed by atoms with E-state index in [0.717, 1.165) is 11.1 Å². The van der Waals surface area contributed by atoms with Crippen molar-refractivity contribution in [3.63, 3.8) is 0 Å². The molecule has 126 valence electrons. The van der Waals surface area contributed by atoms with Crippen molar-refractivity contribution < 1.29 is 14.3 Å². The first kappa shape index (κ1) is 17.8. The molecule has 2 amide bonds. The van der Waals surface area contributed by atoms with Crippen LogP contribution in [0.3, 0.4) is 0 Å². The number of halogens is 1. The highest BCUT2D eigenvalue weighted by Gasteiger charge is 2.10. The molecule has 6 heteroatoms. The highest BCUT2D eigenvalue weighted by molar-refractivity contribution is 6.32. The number of carbonyl (C=O) groups excluding carboxylic acids is 2. The lowest BCUT2D eigenvalue weighted by Gasteiger charge is -2.09. The van der Waals surface area contributed by atoms with E-state index in [2.05, 4.69) is 10.6 Å². The Labute approximate surface area is 146 Å². The van der Waals surface area contributed by atoms with Gasteiger partial charge in [0.15, 0.2) is 0 Å². The summed E-state index contributed by atoms with van der Waals surface area (Å²) >= 11 is 6.00. The zero-order valence-corrected chi connectivity index (χ0v) is 14.5. The number of hydrogen-bond acceptors (Lipinski definition) is 3. The van der Waals surface area contributed by atoms with Crippen LogP contribution in [-0.2, 0) is 4.79 Å². The molecule has 0 unspecified atom stereocenters. The quantitative estimate of drug-likeness (QED) is 0.872. The molecule has 0 saturated carbocycles. The Kier molecular flexibility index (Phi) is 5.82. The minimum atomic E-state index is -0.339.